The number of nitrogens with zero attached hydrogens (tertiary/aromatic N) is 2. The summed E-state index contributed by atoms with van der Waals surface area (Å²) in [7, 11) is 0. The number of hydrogen-bond donors (Lipinski definition) is 0. The van der Waals surface area contributed by atoms with Crippen molar-refractivity contribution in [3.63, 3.8) is 0 Å². The van der Waals surface area contributed by atoms with Gasteiger partial charge >= 0.3 is 0 Å². The zero-order valence-electron chi connectivity index (χ0n) is 14.5. The van der Waals surface area contributed by atoms with Gasteiger partial charge in [0, 0.05) is 25.2 Å². The average Bonchev–Trinajstić information content (AvgIpc) is 3.21. The molecule has 6 heteroatoms. The zero-order valence-corrected chi connectivity index (χ0v) is 15.4. The molecule has 1 atom stereocenters. The number of aryl methyl sites for hydroxylation is 1. The van der Waals surface area contributed by atoms with Crippen molar-refractivity contribution in [1.82, 2.24) is 4.90 Å². The van der Waals surface area contributed by atoms with Crippen molar-refractivity contribution in [3.05, 3.63) is 75.8 Å². The van der Waals surface area contributed by atoms with Gasteiger partial charge in [-0.1, -0.05) is 30.3 Å². The van der Waals surface area contributed by atoms with Crippen LogP contribution in [-0.4, -0.2) is 28.1 Å². The van der Waals surface area contributed by atoms with Gasteiger partial charge in [-0.2, -0.15) is 0 Å². The van der Waals surface area contributed by atoms with Crippen molar-refractivity contribution in [1.29, 1.82) is 0 Å². The molecule has 0 amide bonds. The number of likely N-dealkylation sites (tertiary alicyclic amines) is 1. The molecule has 0 aromatic heterocycles. The van der Waals surface area contributed by atoms with E-state index in [2.05, 4.69) is 17.0 Å². The highest BCUT2D eigenvalue weighted by Gasteiger charge is 2.21. The van der Waals surface area contributed by atoms with Crippen LogP contribution < -0.4 is 0 Å². The van der Waals surface area contributed by atoms with Crippen molar-refractivity contribution >= 4 is 23.1 Å². The second-order valence-electron chi connectivity index (χ2n) is 6.44. The molecule has 1 fully saturated rings. The predicted octanol–water partition coefficient (Wildman–Crippen LogP) is 4.67. The van der Waals surface area contributed by atoms with E-state index >= 15 is 0 Å². The molecule has 1 aliphatic heterocycles. The molecular formula is C20H22N2O3S. The monoisotopic (exact) mass is 370 g/mol. The van der Waals surface area contributed by atoms with Crippen LogP contribution in [0.4, 0.5) is 5.69 Å². The summed E-state index contributed by atoms with van der Waals surface area (Å²) in [5.41, 5.74) is 2.22. The summed E-state index contributed by atoms with van der Waals surface area (Å²) in [5.74, 6) is 0. The molecule has 1 heterocycles. The van der Waals surface area contributed by atoms with Crippen LogP contribution in [0.15, 0.2) is 54.6 Å². The number of nitro benzene ring substituents is 1. The van der Waals surface area contributed by atoms with Crippen LogP contribution in [0.3, 0.4) is 0 Å². The maximum Gasteiger partial charge on any atom is 0.269 e. The second kappa shape index (κ2) is 8.76. The normalized spacial score (nSPS) is 14.8. The molecule has 136 valence electrons. The van der Waals surface area contributed by atoms with Gasteiger partial charge in [0.2, 0.25) is 0 Å². The van der Waals surface area contributed by atoms with Crippen LogP contribution >= 0.6 is 12.2 Å². The lowest BCUT2D eigenvalue weighted by Crippen LogP contribution is -2.29. The van der Waals surface area contributed by atoms with Crippen LogP contribution in [0.1, 0.15) is 36.5 Å². The minimum absolute atomic E-state index is 0.0812. The molecule has 0 bridgehead atoms. The lowest BCUT2D eigenvalue weighted by Gasteiger charge is -2.25. The first kappa shape index (κ1) is 18.3. The fraction of sp³-hybridized carbons (Fsp3) is 0.350. The van der Waals surface area contributed by atoms with Crippen molar-refractivity contribution in [2.24, 2.45) is 0 Å². The molecule has 2 aromatic carbocycles. The highest BCUT2D eigenvalue weighted by atomic mass is 32.1. The predicted molar refractivity (Wildman–Crippen MR) is 105 cm³/mol. The summed E-state index contributed by atoms with van der Waals surface area (Å²) in [6.07, 6.45) is 3.66. The van der Waals surface area contributed by atoms with Crippen LogP contribution in [0.2, 0.25) is 0 Å². The SMILES string of the molecule is O=[N+]([O-])c1ccc(C(CCc2ccccc2)OC(=S)N2CCCC2)cc1. The zero-order chi connectivity index (χ0) is 18.4. The smallest absolute Gasteiger partial charge is 0.269 e. The van der Waals surface area contributed by atoms with Gasteiger partial charge in [0.05, 0.1) is 4.92 Å². The van der Waals surface area contributed by atoms with E-state index in [1.165, 1.54) is 17.7 Å². The summed E-state index contributed by atoms with van der Waals surface area (Å²) in [5, 5.41) is 11.4. The summed E-state index contributed by atoms with van der Waals surface area (Å²) >= 11 is 5.48. The highest BCUT2D eigenvalue weighted by Crippen LogP contribution is 2.27. The van der Waals surface area contributed by atoms with Gasteiger partial charge in [0.1, 0.15) is 6.10 Å². The Balaban J connectivity index is 1.73. The molecule has 0 aliphatic carbocycles. The first-order valence-corrected chi connectivity index (χ1v) is 9.28. The molecule has 1 aliphatic rings. The van der Waals surface area contributed by atoms with E-state index in [0.717, 1.165) is 44.3 Å². The topological polar surface area (TPSA) is 55.6 Å². The fourth-order valence-corrected chi connectivity index (χ4v) is 3.44. The summed E-state index contributed by atoms with van der Waals surface area (Å²) < 4.78 is 6.13. The van der Waals surface area contributed by atoms with Crippen molar-refractivity contribution in [3.8, 4) is 0 Å². The standard InChI is InChI=1S/C20H22N2O3S/c23-22(24)18-11-9-17(10-12-18)19(13-8-16-6-2-1-3-7-16)25-20(26)21-14-4-5-15-21/h1-3,6-7,9-12,19H,4-5,8,13-15H2. The molecule has 1 unspecified atom stereocenters. The first-order valence-electron chi connectivity index (χ1n) is 8.87. The van der Waals surface area contributed by atoms with E-state index in [1.807, 2.05) is 18.2 Å². The lowest BCUT2D eigenvalue weighted by atomic mass is 10.0. The molecule has 0 N–H and O–H groups in total. The quantitative estimate of drug-likeness (QED) is 0.420. The Kier molecular flexibility index (Phi) is 6.17. The van der Waals surface area contributed by atoms with Gasteiger partial charge in [-0.25, -0.2) is 0 Å². The van der Waals surface area contributed by atoms with E-state index in [9.17, 15) is 10.1 Å². The van der Waals surface area contributed by atoms with Gasteiger partial charge in [-0.05, 0) is 61.2 Å². The molecule has 2 aromatic rings. The largest absolute Gasteiger partial charge is 0.463 e. The minimum atomic E-state index is -0.390. The third kappa shape index (κ3) is 4.79. The molecule has 5 nitrogen and oxygen atoms in total. The highest BCUT2D eigenvalue weighted by molar-refractivity contribution is 7.80. The minimum Gasteiger partial charge on any atom is -0.463 e. The Bertz CT molecular complexity index is 743. The van der Waals surface area contributed by atoms with E-state index < -0.39 is 4.92 Å². The number of hydrogen-bond acceptors (Lipinski definition) is 4. The third-order valence-corrected chi connectivity index (χ3v) is 4.98. The Morgan fingerprint density at radius 3 is 2.38 bits per heavy atom. The Morgan fingerprint density at radius 1 is 1.12 bits per heavy atom. The van der Waals surface area contributed by atoms with Crippen molar-refractivity contribution in [2.45, 2.75) is 31.8 Å². The maximum atomic E-state index is 10.9. The van der Waals surface area contributed by atoms with E-state index in [1.54, 1.807) is 12.1 Å². The van der Waals surface area contributed by atoms with Gasteiger partial charge in [0.15, 0.2) is 0 Å². The number of rotatable bonds is 6. The van der Waals surface area contributed by atoms with Gasteiger partial charge in [-0.3, -0.25) is 10.1 Å². The molecule has 0 radical (unpaired) electrons. The number of non-ortho nitro benzene ring substituents is 1. The van der Waals surface area contributed by atoms with Crippen LogP contribution in [0, 0.1) is 10.1 Å². The fourth-order valence-electron chi connectivity index (χ4n) is 3.14. The number of nitro groups is 1. The number of ether oxygens (including phenoxy) is 1. The van der Waals surface area contributed by atoms with Gasteiger partial charge in [-0.15, -0.1) is 0 Å². The first-order chi connectivity index (χ1) is 12.6. The Morgan fingerprint density at radius 2 is 1.77 bits per heavy atom. The second-order valence-corrected chi connectivity index (χ2v) is 6.79. The Hall–Kier alpha value is -2.47. The van der Waals surface area contributed by atoms with Crippen molar-refractivity contribution in [2.75, 3.05) is 13.1 Å². The van der Waals surface area contributed by atoms with Crippen LogP contribution in [0.25, 0.3) is 0 Å². The number of benzene rings is 2. The summed E-state index contributed by atoms with van der Waals surface area (Å²) in [4.78, 5) is 12.6. The molecule has 1 saturated heterocycles. The van der Waals surface area contributed by atoms with E-state index in [0.29, 0.717) is 5.17 Å². The van der Waals surface area contributed by atoms with Gasteiger partial charge < -0.3 is 9.64 Å². The van der Waals surface area contributed by atoms with E-state index in [4.69, 9.17) is 17.0 Å². The van der Waals surface area contributed by atoms with Crippen LogP contribution in [-0.2, 0) is 11.2 Å². The number of thiocarbonyl (C=S) groups is 1. The Labute approximate surface area is 158 Å². The van der Waals surface area contributed by atoms with Gasteiger partial charge in [0.25, 0.3) is 10.9 Å². The summed E-state index contributed by atoms with van der Waals surface area (Å²) in [6, 6.07) is 16.8. The van der Waals surface area contributed by atoms with Crippen molar-refractivity contribution < 1.29 is 9.66 Å². The molecule has 26 heavy (non-hydrogen) atoms. The average molecular weight is 370 g/mol. The van der Waals surface area contributed by atoms with E-state index in [-0.39, 0.29) is 11.8 Å². The molecule has 3 rings (SSSR count). The van der Waals surface area contributed by atoms with Crippen LogP contribution in [0.5, 0.6) is 0 Å². The molecule has 0 spiro atoms. The lowest BCUT2D eigenvalue weighted by molar-refractivity contribution is -0.384. The third-order valence-electron chi connectivity index (χ3n) is 4.62. The molecular weight excluding hydrogens is 348 g/mol. The maximum absolute atomic E-state index is 10.9. The molecule has 0 saturated carbocycles. The summed E-state index contributed by atoms with van der Waals surface area (Å²) in [6.45, 7) is 1.87.